The van der Waals surface area contributed by atoms with Crippen LogP contribution in [0.25, 0.3) is 0 Å². The number of alkyl halides is 1. The Balaban J connectivity index is 2.65. The minimum atomic E-state index is -0.633. The molecule has 0 aliphatic rings. The molecule has 0 fully saturated rings. The maximum Gasteiger partial charge on any atom is 0.190 e. The molecule has 0 saturated carbocycles. The fraction of sp³-hybridized carbons (Fsp3) is 0.500. The molecule has 0 radical (unpaired) electrons. The molecule has 0 unspecified atom stereocenters. The maximum absolute atomic E-state index is 13.4. The fourth-order valence-electron chi connectivity index (χ4n) is 1.35. The van der Waals surface area contributed by atoms with E-state index in [1.807, 2.05) is 0 Å². The van der Waals surface area contributed by atoms with Crippen molar-refractivity contribution in [1.82, 2.24) is 0 Å². The van der Waals surface area contributed by atoms with Crippen LogP contribution in [0.5, 0.6) is 5.75 Å². The van der Waals surface area contributed by atoms with E-state index in [0.717, 1.165) is 19.3 Å². The van der Waals surface area contributed by atoms with Crippen LogP contribution in [0.1, 0.15) is 31.7 Å². The van der Waals surface area contributed by atoms with Crippen LogP contribution < -0.4 is 4.74 Å². The Morgan fingerprint density at radius 1 is 1.19 bits per heavy atom. The smallest absolute Gasteiger partial charge is 0.190 e. The Hall–Kier alpha value is -0.640. The summed E-state index contributed by atoms with van der Waals surface area (Å²) in [5.74, 6) is -1.53. The lowest BCUT2D eigenvalue weighted by Crippen LogP contribution is -2.02. The molecule has 0 bridgehead atoms. The summed E-state index contributed by atoms with van der Waals surface area (Å²) in [6.07, 6.45) is 2.87. The topological polar surface area (TPSA) is 9.23 Å². The Bertz CT molecular complexity index is 319. The first-order valence-electron chi connectivity index (χ1n) is 5.35. The molecule has 0 saturated heterocycles. The first kappa shape index (κ1) is 13.4. The van der Waals surface area contributed by atoms with Gasteiger partial charge in [-0.15, -0.1) is 0 Å². The normalized spacial score (nSPS) is 10.5. The van der Waals surface area contributed by atoms with Gasteiger partial charge in [-0.1, -0.05) is 35.7 Å². The van der Waals surface area contributed by atoms with E-state index in [2.05, 4.69) is 22.9 Å². The summed E-state index contributed by atoms with van der Waals surface area (Å²) < 4.78 is 31.9. The SMILES string of the molecule is CCCCCOc1c(F)cc(CBr)cc1F. The van der Waals surface area contributed by atoms with Gasteiger partial charge in [-0.05, 0) is 24.1 Å². The van der Waals surface area contributed by atoms with Crippen molar-refractivity contribution in [2.45, 2.75) is 31.5 Å². The van der Waals surface area contributed by atoms with Gasteiger partial charge in [0.25, 0.3) is 0 Å². The van der Waals surface area contributed by atoms with Crippen molar-refractivity contribution in [3.05, 3.63) is 29.3 Å². The lowest BCUT2D eigenvalue weighted by atomic mass is 10.2. The Morgan fingerprint density at radius 2 is 1.81 bits per heavy atom. The molecule has 1 aromatic carbocycles. The van der Waals surface area contributed by atoms with E-state index < -0.39 is 11.6 Å². The quantitative estimate of drug-likeness (QED) is 0.557. The number of hydrogen-bond donors (Lipinski definition) is 0. The van der Waals surface area contributed by atoms with Crippen molar-refractivity contribution in [2.24, 2.45) is 0 Å². The average molecular weight is 293 g/mol. The maximum atomic E-state index is 13.4. The van der Waals surface area contributed by atoms with Crippen molar-refractivity contribution >= 4 is 15.9 Å². The van der Waals surface area contributed by atoms with E-state index >= 15 is 0 Å². The van der Waals surface area contributed by atoms with Gasteiger partial charge in [0, 0.05) is 5.33 Å². The standard InChI is InChI=1S/C12H15BrF2O/c1-2-3-4-5-16-12-10(14)6-9(8-13)7-11(12)15/h6-7H,2-5,8H2,1H3. The molecule has 0 amide bonds. The van der Waals surface area contributed by atoms with Gasteiger partial charge in [0.1, 0.15) is 0 Å². The first-order valence-corrected chi connectivity index (χ1v) is 6.47. The highest BCUT2D eigenvalue weighted by atomic mass is 79.9. The van der Waals surface area contributed by atoms with Crippen molar-refractivity contribution in [3.63, 3.8) is 0 Å². The Kier molecular flexibility index (Phi) is 5.74. The lowest BCUT2D eigenvalue weighted by molar-refractivity contribution is 0.276. The number of benzene rings is 1. The first-order chi connectivity index (χ1) is 7.69. The molecule has 0 atom stereocenters. The lowest BCUT2D eigenvalue weighted by Gasteiger charge is -2.09. The molecule has 0 aliphatic carbocycles. The van der Waals surface area contributed by atoms with Crippen LogP contribution in [0, 0.1) is 11.6 Å². The highest BCUT2D eigenvalue weighted by Crippen LogP contribution is 2.24. The predicted molar refractivity (Wildman–Crippen MR) is 64.0 cm³/mol. The van der Waals surface area contributed by atoms with Gasteiger partial charge in [0.15, 0.2) is 17.4 Å². The summed E-state index contributed by atoms with van der Waals surface area (Å²) in [7, 11) is 0. The van der Waals surface area contributed by atoms with Crippen LogP contribution in [-0.4, -0.2) is 6.61 Å². The predicted octanol–water partition coefficient (Wildman–Crippen LogP) is 4.43. The van der Waals surface area contributed by atoms with E-state index in [1.165, 1.54) is 12.1 Å². The van der Waals surface area contributed by atoms with Crippen molar-refractivity contribution in [3.8, 4) is 5.75 Å². The van der Waals surface area contributed by atoms with Gasteiger partial charge >= 0.3 is 0 Å². The van der Waals surface area contributed by atoms with E-state index in [4.69, 9.17) is 4.74 Å². The summed E-state index contributed by atoms with van der Waals surface area (Å²) in [4.78, 5) is 0. The fourth-order valence-corrected chi connectivity index (χ4v) is 1.68. The molecule has 1 aromatic rings. The summed E-state index contributed by atoms with van der Waals surface area (Å²) in [5, 5.41) is 0.428. The third-order valence-electron chi connectivity index (χ3n) is 2.21. The number of halogens is 3. The van der Waals surface area contributed by atoms with Crippen LogP contribution in [0.15, 0.2) is 12.1 Å². The zero-order chi connectivity index (χ0) is 12.0. The number of rotatable bonds is 6. The monoisotopic (exact) mass is 292 g/mol. The molecule has 0 aromatic heterocycles. The average Bonchev–Trinajstić information content (AvgIpc) is 2.26. The van der Waals surface area contributed by atoms with Crippen molar-refractivity contribution in [2.75, 3.05) is 6.61 Å². The number of unbranched alkanes of at least 4 members (excludes halogenated alkanes) is 2. The second-order valence-electron chi connectivity index (χ2n) is 3.58. The molecular formula is C12H15BrF2O. The minimum Gasteiger partial charge on any atom is -0.488 e. The Labute approximate surface area is 103 Å². The highest BCUT2D eigenvalue weighted by molar-refractivity contribution is 9.08. The van der Waals surface area contributed by atoms with Crippen molar-refractivity contribution in [1.29, 1.82) is 0 Å². The molecular weight excluding hydrogens is 278 g/mol. The van der Waals surface area contributed by atoms with Crippen LogP contribution in [0.4, 0.5) is 8.78 Å². The van der Waals surface area contributed by atoms with Gasteiger partial charge in [-0.3, -0.25) is 0 Å². The molecule has 1 nitrogen and oxygen atoms in total. The summed E-state index contributed by atoms with van der Waals surface area (Å²) >= 11 is 3.15. The summed E-state index contributed by atoms with van der Waals surface area (Å²) in [6.45, 7) is 2.42. The van der Waals surface area contributed by atoms with Crippen LogP contribution in [0.2, 0.25) is 0 Å². The van der Waals surface area contributed by atoms with Crippen LogP contribution in [0.3, 0.4) is 0 Å². The summed E-state index contributed by atoms with van der Waals surface area (Å²) in [5.41, 5.74) is 0.566. The van der Waals surface area contributed by atoms with Gasteiger partial charge in [-0.25, -0.2) is 8.78 Å². The van der Waals surface area contributed by atoms with Gasteiger partial charge < -0.3 is 4.74 Å². The molecule has 4 heteroatoms. The van der Waals surface area contributed by atoms with Gasteiger partial charge in [0.05, 0.1) is 6.61 Å². The zero-order valence-corrected chi connectivity index (χ0v) is 10.8. The highest BCUT2D eigenvalue weighted by Gasteiger charge is 2.11. The van der Waals surface area contributed by atoms with E-state index in [1.54, 1.807) is 0 Å². The van der Waals surface area contributed by atoms with E-state index in [0.29, 0.717) is 17.5 Å². The molecule has 0 aliphatic heterocycles. The zero-order valence-electron chi connectivity index (χ0n) is 9.23. The minimum absolute atomic E-state index is 0.263. The molecule has 0 N–H and O–H groups in total. The number of hydrogen-bond acceptors (Lipinski definition) is 1. The second kappa shape index (κ2) is 6.84. The molecule has 1 rings (SSSR count). The molecule has 0 heterocycles. The van der Waals surface area contributed by atoms with E-state index in [-0.39, 0.29) is 5.75 Å². The molecule has 90 valence electrons. The summed E-state index contributed by atoms with van der Waals surface area (Å²) in [6, 6.07) is 2.57. The largest absolute Gasteiger partial charge is 0.488 e. The van der Waals surface area contributed by atoms with Gasteiger partial charge in [-0.2, -0.15) is 0 Å². The number of ether oxygens (including phenoxy) is 1. The van der Waals surface area contributed by atoms with E-state index in [9.17, 15) is 8.78 Å². The third kappa shape index (κ3) is 3.74. The molecule has 16 heavy (non-hydrogen) atoms. The Morgan fingerprint density at radius 3 is 2.31 bits per heavy atom. The van der Waals surface area contributed by atoms with Gasteiger partial charge in [0.2, 0.25) is 0 Å². The van der Waals surface area contributed by atoms with Crippen LogP contribution in [-0.2, 0) is 5.33 Å². The molecule has 0 spiro atoms. The second-order valence-corrected chi connectivity index (χ2v) is 4.14. The third-order valence-corrected chi connectivity index (χ3v) is 2.85. The van der Waals surface area contributed by atoms with Crippen molar-refractivity contribution < 1.29 is 13.5 Å². The van der Waals surface area contributed by atoms with Crippen LogP contribution >= 0.6 is 15.9 Å².